The fourth-order valence-electron chi connectivity index (χ4n) is 2.78. The zero-order valence-corrected chi connectivity index (χ0v) is 15.1. The van der Waals surface area contributed by atoms with Crippen molar-refractivity contribution in [3.8, 4) is 5.75 Å². The number of benzene rings is 2. The first-order chi connectivity index (χ1) is 12.5. The number of anilines is 1. The minimum Gasteiger partial charge on any atom is -0.496 e. The van der Waals surface area contributed by atoms with Crippen LogP contribution in [0.15, 0.2) is 47.6 Å². The summed E-state index contributed by atoms with van der Waals surface area (Å²) in [6.45, 7) is 1.96. The molecule has 7 heteroatoms. The fourth-order valence-corrected chi connectivity index (χ4v) is 2.95. The van der Waals surface area contributed by atoms with Crippen LogP contribution < -0.4 is 15.5 Å². The summed E-state index contributed by atoms with van der Waals surface area (Å²) in [5.74, 6) is 0.0953. The third-order valence-electron chi connectivity index (χ3n) is 4.10. The van der Waals surface area contributed by atoms with Crippen LogP contribution in [0.4, 0.5) is 5.69 Å². The number of ether oxygens (including phenoxy) is 1. The van der Waals surface area contributed by atoms with E-state index in [9.17, 15) is 9.59 Å². The Hall–Kier alpha value is -2.86. The molecule has 26 heavy (non-hydrogen) atoms. The Labute approximate surface area is 156 Å². The second-order valence-corrected chi connectivity index (χ2v) is 6.45. The monoisotopic (exact) mass is 371 g/mol. The first-order valence-electron chi connectivity index (χ1n) is 8.09. The van der Waals surface area contributed by atoms with Crippen molar-refractivity contribution < 1.29 is 14.3 Å². The molecular weight excluding hydrogens is 354 g/mol. The van der Waals surface area contributed by atoms with Crippen molar-refractivity contribution in [1.29, 1.82) is 0 Å². The highest BCUT2D eigenvalue weighted by Crippen LogP contribution is 2.24. The average molecular weight is 372 g/mol. The number of carbonyl (C=O) groups excluding carboxylic acids is 2. The second-order valence-electron chi connectivity index (χ2n) is 6.01. The average Bonchev–Trinajstić information content (AvgIpc) is 2.62. The van der Waals surface area contributed by atoms with Crippen molar-refractivity contribution in [3.63, 3.8) is 0 Å². The number of nitrogens with one attached hydrogen (secondary N) is 2. The molecule has 1 aliphatic heterocycles. The summed E-state index contributed by atoms with van der Waals surface area (Å²) in [6, 6.07) is 12.2. The Morgan fingerprint density at radius 2 is 2.00 bits per heavy atom. The van der Waals surface area contributed by atoms with Gasteiger partial charge in [-0.05, 0) is 35.9 Å². The highest BCUT2D eigenvalue weighted by Gasteiger charge is 2.21. The molecule has 0 saturated carbocycles. The van der Waals surface area contributed by atoms with Crippen LogP contribution in [0, 0.1) is 5.92 Å². The van der Waals surface area contributed by atoms with Crippen LogP contribution in [0.1, 0.15) is 29.3 Å². The molecule has 2 aromatic rings. The SMILES string of the molecule is COc1ccc(Cl)cc1C(=O)Nc1ccc(C2=NNC(=O)CC2C)cc1. The first kappa shape index (κ1) is 17.9. The molecule has 0 bridgehead atoms. The van der Waals surface area contributed by atoms with Gasteiger partial charge in [-0.2, -0.15) is 5.10 Å². The van der Waals surface area contributed by atoms with Crippen molar-refractivity contribution in [3.05, 3.63) is 58.6 Å². The number of hydrogen-bond donors (Lipinski definition) is 2. The number of nitrogens with zero attached hydrogens (tertiary/aromatic N) is 1. The van der Waals surface area contributed by atoms with Crippen LogP contribution in [-0.4, -0.2) is 24.6 Å². The smallest absolute Gasteiger partial charge is 0.259 e. The van der Waals surface area contributed by atoms with E-state index in [4.69, 9.17) is 16.3 Å². The summed E-state index contributed by atoms with van der Waals surface area (Å²) in [4.78, 5) is 23.9. The summed E-state index contributed by atoms with van der Waals surface area (Å²) < 4.78 is 5.21. The maximum atomic E-state index is 12.5. The number of halogens is 1. The van der Waals surface area contributed by atoms with Crippen LogP contribution in [-0.2, 0) is 4.79 Å². The largest absolute Gasteiger partial charge is 0.496 e. The quantitative estimate of drug-likeness (QED) is 0.863. The fraction of sp³-hybridized carbons (Fsp3) is 0.211. The summed E-state index contributed by atoms with van der Waals surface area (Å²) >= 11 is 5.97. The minimum atomic E-state index is -0.312. The van der Waals surface area contributed by atoms with Gasteiger partial charge < -0.3 is 10.1 Å². The number of amides is 2. The van der Waals surface area contributed by atoms with E-state index in [1.54, 1.807) is 30.3 Å². The summed E-state index contributed by atoms with van der Waals surface area (Å²) in [6.07, 6.45) is 0.409. The molecule has 2 N–H and O–H groups in total. The highest BCUT2D eigenvalue weighted by atomic mass is 35.5. The molecule has 2 amide bonds. The molecule has 0 spiro atoms. The summed E-state index contributed by atoms with van der Waals surface area (Å²) in [7, 11) is 1.50. The molecule has 2 aromatic carbocycles. The topological polar surface area (TPSA) is 79.8 Å². The van der Waals surface area contributed by atoms with Gasteiger partial charge in [0.2, 0.25) is 5.91 Å². The van der Waals surface area contributed by atoms with E-state index < -0.39 is 0 Å². The van der Waals surface area contributed by atoms with Gasteiger partial charge in [0.15, 0.2) is 0 Å². The van der Waals surface area contributed by atoms with Gasteiger partial charge in [-0.1, -0.05) is 30.7 Å². The molecule has 3 rings (SSSR count). The van der Waals surface area contributed by atoms with Gasteiger partial charge in [-0.3, -0.25) is 9.59 Å². The van der Waals surface area contributed by atoms with Crippen molar-refractivity contribution in [2.24, 2.45) is 11.0 Å². The maximum absolute atomic E-state index is 12.5. The normalized spacial score (nSPS) is 16.5. The third kappa shape index (κ3) is 3.86. The lowest BCUT2D eigenvalue weighted by Gasteiger charge is -2.19. The summed E-state index contributed by atoms with van der Waals surface area (Å²) in [5, 5.41) is 7.41. The lowest BCUT2D eigenvalue weighted by atomic mass is 9.94. The van der Waals surface area contributed by atoms with E-state index >= 15 is 0 Å². The molecule has 1 atom stereocenters. The van der Waals surface area contributed by atoms with Crippen LogP contribution in [0.3, 0.4) is 0 Å². The molecule has 1 heterocycles. The number of carbonyl (C=O) groups is 2. The van der Waals surface area contributed by atoms with Crippen molar-refractivity contribution in [1.82, 2.24) is 5.43 Å². The number of hydrogen-bond acceptors (Lipinski definition) is 4. The Balaban J connectivity index is 1.77. The van der Waals surface area contributed by atoms with E-state index in [-0.39, 0.29) is 17.7 Å². The van der Waals surface area contributed by atoms with Gasteiger partial charge in [0.05, 0.1) is 18.4 Å². The summed E-state index contributed by atoms with van der Waals surface area (Å²) in [5.41, 5.74) is 5.21. The predicted octanol–water partition coefficient (Wildman–Crippen LogP) is 3.46. The van der Waals surface area contributed by atoms with E-state index in [2.05, 4.69) is 15.8 Å². The lowest BCUT2D eigenvalue weighted by molar-refractivity contribution is -0.121. The standard InChI is InChI=1S/C19H18ClN3O3/c1-11-9-17(24)22-23-18(11)12-3-6-14(7-4-12)21-19(25)15-10-13(20)5-8-16(15)26-2/h3-8,10-11H,9H2,1-2H3,(H,21,25)(H,22,24). The van der Waals surface area contributed by atoms with Crippen LogP contribution in [0.25, 0.3) is 0 Å². The molecule has 0 aromatic heterocycles. The van der Waals surface area contributed by atoms with Gasteiger partial charge in [0.25, 0.3) is 5.91 Å². The highest BCUT2D eigenvalue weighted by molar-refractivity contribution is 6.31. The molecule has 134 valence electrons. The zero-order valence-electron chi connectivity index (χ0n) is 14.4. The number of rotatable bonds is 4. The predicted molar refractivity (Wildman–Crippen MR) is 101 cm³/mol. The van der Waals surface area contributed by atoms with E-state index in [0.717, 1.165) is 11.3 Å². The molecule has 1 aliphatic rings. The van der Waals surface area contributed by atoms with E-state index in [0.29, 0.717) is 28.4 Å². The van der Waals surface area contributed by atoms with Gasteiger partial charge in [-0.25, -0.2) is 5.43 Å². The molecule has 0 aliphatic carbocycles. The van der Waals surface area contributed by atoms with Crippen molar-refractivity contribution in [2.75, 3.05) is 12.4 Å². The third-order valence-corrected chi connectivity index (χ3v) is 4.34. The Kier molecular flexibility index (Phi) is 5.23. The molecule has 1 unspecified atom stereocenters. The molecular formula is C19H18ClN3O3. The molecule has 0 fully saturated rings. The Morgan fingerprint density at radius 1 is 1.27 bits per heavy atom. The zero-order chi connectivity index (χ0) is 18.7. The molecule has 0 radical (unpaired) electrons. The van der Waals surface area contributed by atoms with E-state index in [1.807, 2.05) is 19.1 Å². The van der Waals surface area contributed by atoms with Gasteiger partial charge in [0.1, 0.15) is 5.75 Å². The van der Waals surface area contributed by atoms with Crippen molar-refractivity contribution >= 4 is 34.8 Å². The Bertz CT molecular complexity index is 878. The molecule has 6 nitrogen and oxygen atoms in total. The van der Waals surface area contributed by atoms with Crippen LogP contribution >= 0.6 is 11.6 Å². The van der Waals surface area contributed by atoms with Gasteiger partial charge in [0, 0.05) is 23.0 Å². The number of hydrazone groups is 1. The first-order valence-corrected chi connectivity index (χ1v) is 8.47. The molecule has 0 saturated heterocycles. The number of methoxy groups -OCH3 is 1. The maximum Gasteiger partial charge on any atom is 0.259 e. The van der Waals surface area contributed by atoms with Crippen molar-refractivity contribution in [2.45, 2.75) is 13.3 Å². The van der Waals surface area contributed by atoms with Crippen LogP contribution in [0.2, 0.25) is 5.02 Å². The van der Waals surface area contributed by atoms with E-state index in [1.165, 1.54) is 7.11 Å². The lowest BCUT2D eigenvalue weighted by Crippen LogP contribution is -2.31. The van der Waals surface area contributed by atoms with Gasteiger partial charge in [-0.15, -0.1) is 0 Å². The Morgan fingerprint density at radius 3 is 2.65 bits per heavy atom. The second kappa shape index (κ2) is 7.58. The van der Waals surface area contributed by atoms with Gasteiger partial charge >= 0.3 is 0 Å². The minimum absolute atomic E-state index is 0.0416. The van der Waals surface area contributed by atoms with Crippen LogP contribution in [0.5, 0.6) is 5.75 Å².